The number of carbonyl (C=O) groups is 1. The molecule has 1 aromatic rings. The second-order valence-corrected chi connectivity index (χ2v) is 4.10. The van der Waals surface area contributed by atoms with Crippen LogP contribution in [0.25, 0.3) is 0 Å². The van der Waals surface area contributed by atoms with Crippen LogP contribution in [0.2, 0.25) is 5.02 Å². The van der Waals surface area contributed by atoms with E-state index in [0.29, 0.717) is 6.42 Å². The van der Waals surface area contributed by atoms with Crippen molar-refractivity contribution in [2.45, 2.75) is 25.6 Å². The van der Waals surface area contributed by atoms with Crippen molar-refractivity contribution in [1.29, 1.82) is 0 Å². The molecular formula is C11H12ClF3N2O. The molecule has 1 rings (SSSR count). The van der Waals surface area contributed by atoms with Gasteiger partial charge in [0.25, 0.3) is 0 Å². The van der Waals surface area contributed by atoms with E-state index in [9.17, 15) is 18.0 Å². The lowest BCUT2D eigenvalue weighted by Gasteiger charge is -2.13. The Morgan fingerprint density at radius 1 is 1.50 bits per heavy atom. The molecule has 0 fully saturated rings. The zero-order valence-electron chi connectivity index (χ0n) is 9.51. The van der Waals surface area contributed by atoms with E-state index in [-0.39, 0.29) is 10.7 Å². The predicted molar refractivity (Wildman–Crippen MR) is 63.4 cm³/mol. The number of anilines is 1. The molecule has 100 valence electrons. The minimum atomic E-state index is -4.49. The first-order chi connectivity index (χ1) is 8.25. The van der Waals surface area contributed by atoms with Gasteiger partial charge in [-0.05, 0) is 24.6 Å². The van der Waals surface area contributed by atoms with Crippen LogP contribution in [-0.4, -0.2) is 11.9 Å². The lowest BCUT2D eigenvalue weighted by Crippen LogP contribution is -2.34. The fourth-order valence-corrected chi connectivity index (χ4v) is 1.37. The highest BCUT2D eigenvalue weighted by Gasteiger charge is 2.31. The van der Waals surface area contributed by atoms with Gasteiger partial charge in [-0.1, -0.05) is 18.5 Å². The van der Waals surface area contributed by atoms with Gasteiger partial charge < -0.3 is 11.1 Å². The van der Waals surface area contributed by atoms with Crippen molar-refractivity contribution >= 4 is 23.2 Å². The second kappa shape index (κ2) is 5.58. The topological polar surface area (TPSA) is 55.1 Å². The van der Waals surface area contributed by atoms with Crippen LogP contribution >= 0.6 is 11.6 Å². The Labute approximate surface area is 107 Å². The molecule has 3 N–H and O–H groups in total. The van der Waals surface area contributed by atoms with E-state index in [1.807, 2.05) is 0 Å². The number of carbonyl (C=O) groups excluding carboxylic acids is 1. The van der Waals surface area contributed by atoms with Crippen molar-refractivity contribution < 1.29 is 18.0 Å². The molecule has 0 unspecified atom stereocenters. The van der Waals surface area contributed by atoms with Crippen molar-refractivity contribution in [2.24, 2.45) is 5.73 Å². The molecule has 7 heteroatoms. The number of hydrogen-bond donors (Lipinski definition) is 2. The van der Waals surface area contributed by atoms with Gasteiger partial charge in [0.15, 0.2) is 0 Å². The van der Waals surface area contributed by atoms with Crippen LogP contribution in [0.4, 0.5) is 18.9 Å². The van der Waals surface area contributed by atoms with Gasteiger partial charge in [-0.3, -0.25) is 4.79 Å². The molecule has 1 aromatic carbocycles. The summed E-state index contributed by atoms with van der Waals surface area (Å²) in [7, 11) is 0. The molecule has 0 heterocycles. The monoisotopic (exact) mass is 280 g/mol. The standard InChI is InChI=1S/C11H12ClF3N2O/c1-2-8(16)10(18)17-9-5-6(11(13,14)15)3-4-7(9)12/h3-5,8H,2,16H2,1H3,(H,17,18)/t8-/m0/s1. The van der Waals surface area contributed by atoms with Crippen LogP contribution in [0.1, 0.15) is 18.9 Å². The summed E-state index contributed by atoms with van der Waals surface area (Å²) in [6.45, 7) is 1.69. The maximum Gasteiger partial charge on any atom is 0.416 e. The first-order valence-corrected chi connectivity index (χ1v) is 5.56. The van der Waals surface area contributed by atoms with Gasteiger partial charge in [0.05, 0.1) is 22.3 Å². The summed E-state index contributed by atoms with van der Waals surface area (Å²) in [5.41, 5.74) is 4.48. The lowest BCUT2D eigenvalue weighted by molar-refractivity contribution is -0.137. The SMILES string of the molecule is CC[C@H](N)C(=O)Nc1cc(C(F)(F)F)ccc1Cl. The third-order valence-corrected chi connectivity index (χ3v) is 2.66. The molecule has 0 aliphatic rings. The maximum atomic E-state index is 12.5. The zero-order valence-corrected chi connectivity index (χ0v) is 10.3. The third-order valence-electron chi connectivity index (χ3n) is 2.33. The van der Waals surface area contributed by atoms with E-state index < -0.39 is 23.7 Å². The van der Waals surface area contributed by atoms with Crippen LogP contribution in [0, 0.1) is 0 Å². The van der Waals surface area contributed by atoms with Gasteiger partial charge in [-0.25, -0.2) is 0 Å². The van der Waals surface area contributed by atoms with Crippen LogP contribution in [0.3, 0.4) is 0 Å². The largest absolute Gasteiger partial charge is 0.416 e. The number of alkyl halides is 3. The molecule has 0 aliphatic heterocycles. The fourth-order valence-electron chi connectivity index (χ4n) is 1.21. The van der Waals surface area contributed by atoms with Crippen LogP contribution in [0.5, 0.6) is 0 Å². The highest BCUT2D eigenvalue weighted by molar-refractivity contribution is 6.33. The van der Waals surface area contributed by atoms with Crippen LogP contribution in [-0.2, 0) is 11.0 Å². The van der Waals surface area contributed by atoms with E-state index in [0.717, 1.165) is 18.2 Å². The Morgan fingerprint density at radius 2 is 2.11 bits per heavy atom. The van der Waals surface area contributed by atoms with E-state index >= 15 is 0 Å². The van der Waals surface area contributed by atoms with Gasteiger partial charge in [0.2, 0.25) is 5.91 Å². The van der Waals surface area contributed by atoms with Gasteiger partial charge in [-0.15, -0.1) is 0 Å². The smallest absolute Gasteiger partial charge is 0.323 e. The van der Waals surface area contributed by atoms with Gasteiger partial charge in [0.1, 0.15) is 0 Å². The van der Waals surface area contributed by atoms with E-state index in [4.69, 9.17) is 17.3 Å². The summed E-state index contributed by atoms with van der Waals surface area (Å²) < 4.78 is 37.4. The number of nitrogens with two attached hydrogens (primary N) is 1. The van der Waals surface area contributed by atoms with Crippen molar-refractivity contribution in [3.05, 3.63) is 28.8 Å². The number of rotatable bonds is 3. The number of halogens is 4. The molecule has 1 amide bonds. The zero-order chi connectivity index (χ0) is 13.9. The molecule has 3 nitrogen and oxygen atoms in total. The molecule has 0 bridgehead atoms. The Morgan fingerprint density at radius 3 is 2.61 bits per heavy atom. The Balaban J connectivity index is 2.99. The van der Waals surface area contributed by atoms with Crippen molar-refractivity contribution in [3.8, 4) is 0 Å². The minimum Gasteiger partial charge on any atom is -0.323 e. The van der Waals surface area contributed by atoms with Crippen LogP contribution < -0.4 is 11.1 Å². The second-order valence-electron chi connectivity index (χ2n) is 3.70. The highest BCUT2D eigenvalue weighted by atomic mass is 35.5. The first kappa shape index (κ1) is 14.8. The molecule has 0 radical (unpaired) electrons. The van der Waals surface area contributed by atoms with Gasteiger partial charge in [0, 0.05) is 0 Å². The number of benzene rings is 1. The van der Waals surface area contributed by atoms with Gasteiger partial charge >= 0.3 is 6.18 Å². The number of hydrogen-bond acceptors (Lipinski definition) is 2. The van der Waals surface area contributed by atoms with Crippen molar-refractivity contribution in [1.82, 2.24) is 0 Å². The molecule has 0 saturated heterocycles. The Bertz CT molecular complexity index is 448. The Kier molecular flexibility index (Phi) is 4.59. The maximum absolute atomic E-state index is 12.5. The quantitative estimate of drug-likeness (QED) is 0.894. The summed E-state index contributed by atoms with van der Waals surface area (Å²) in [5, 5.41) is 2.30. The molecule has 0 aromatic heterocycles. The average molecular weight is 281 g/mol. The molecule has 0 saturated carbocycles. The van der Waals surface area contributed by atoms with Crippen LogP contribution in [0.15, 0.2) is 18.2 Å². The summed E-state index contributed by atoms with van der Waals surface area (Å²) >= 11 is 5.72. The average Bonchev–Trinajstić information content (AvgIpc) is 2.29. The van der Waals surface area contributed by atoms with E-state index in [1.54, 1.807) is 6.92 Å². The molecule has 0 aliphatic carbocycles. The van der Waals surface area contributed by atoms with Gasteiger partial charge in [-0.2, -0.15) is 13.2 Å². The van der Waals surface area contributed by atoms with Crippen molar-refractivity contribution in [3.63, 3.8) is 0 Å². The summed E-state index contributed by atoms with van der Waals surface area (Å²) in [4.78, 5) is 11.5. The molecule has 1 atom stereocenters. The first-order valence-electron chi connectivity index (χ1n) is 5.19. The number of nitrogens with one attached hydrogen (secondary N) is 1. The highest BCUT2D eigenvalue weighted by Crippen LogP contribution is 2.33. The normalized spacial score (nSPS) is 13.2. The summed E-state index contributed by atoms with van der Waals surface area (Å²) in [6, 6.07) is 1.92. The minimum absolute atomic E-state index is 0.0275. The Hall–Kier alpha value is -1.27. The summed E-state index contributed by atoms with van der Waals surface area (Å²) in [5.74, 6) is -0.571. The third kappa shape index (κ3) is 3.61. The molecule has 18 heavy (non-hydrogen) atoms. The van der Waals surface area contributed by atoms with E-state index in [2.05, 4.69) is 5.32 Å². The lowest BCUT2D eigenvalue weighted by atomic mass is 10.1. The van der Waals surface area contributed by atoms with E-state index in [1.165, 1.54) is 0 Å². The molecular weight excluding hydrogens is 269 g/mol. The summed E-state index contributed by atoms with van der Waals surface area (Å²) in [6.07, 6.45) is -4.11. The van der Waals surface area contributed by atoms with Crippen molar-refractivity contribution in [2.75, 3.05) is 5.32 Å². The molecule has 0 spiro atoms. The predicted octanol–water partition coefficient (Wildman–Crippen LogP) is 3.03. The number of amides is 1. The fraction of sp³-hybridized carbons (Fsp3) is 0.364.